The summed E-state index contributed by atoms with van der Waals surface area (Å²) in [6.07, 6.45) is 2.91. The molecule has 98 valence electrons. The minimum absolute atomic E-state index is 0. The van der Waals surface area contributed by atoms with Crippen LogP contribution in [0.1, 0.15) is 12.5 Å². The summed E-state index contributed by atoms with van der Waals surface area (Å²) in [4.78, 5) is 22.5. The number of rotatable bonds is 3. The Morgan fingerprint density at radius 1 is 1.47 bits per heavy atom. The number of aromatic nitrogens is 1. The standard InChI is InChI=1S/C11H12N2O2.C2H4O.Na.H/c12-9(11(14)15)5-7-6-13-10-4-2-1-3-8(7)10;1-2-3;;/h1-4,6,9,13H,5,12H2,(H,14,15);2H,1H3;;/t9-;;;/m0.../s1. The third-order valence-corrected chi connectivity index (χ3v) is 2.43. The van der Waals surface area contributed by atoms with Gasteiger partial charge in [-0.3, -0.25) is 4.79 Å². The van der Waals surface area contributed by atoms with Crippen molar-refractivity contribution < 1.29 is 14.7 Å². The molecule has 1 heterocycles. The maximum absolute atomic E-state index is 10.6. The summed E-state index contributed by atoms with van der Waals surface area (Å²) in [6, 6.07) is 6.91. The molecule has 1 aromatic carbocycles. The number of H-pyrrole nitrogens is 1. The number of para-hydroxylation sites is 1. The number of aliphatic carboxylic acids is 1. The van der Waals surface area contributed by atoms with Crippen LogP contribution >= 0.6 is 0 Å². The zero-order valence-electron chi connectivity index (χ0n) is 10.1. The van der Waals surface area contributed by atoms with Crippen LogP contribution in [0.25, 0.3) is 10.9 Å². The number of aromatic amines is 1. The van der Waals surface area contributed by atoms with Crippen molar-refractivity contribution in [2.45, 2.75) is 19.4 Å². The molecule has 0 aliphatic carbocycles. The van der Waals surface area contributed by atoms with Crippen molar-refractivity contribution >= 4 is 52.7 Å². The Kier molecular flexibility index (Phi) is 8.34. The van der Waals surface area contributed by atoms with E-state index in [0.29, 0.717) is 6.42 Å². The first-order valence-corrected chi connectivity index (χ1v) is 5.53. The van der Waals surface area contributed by atoms with E-state index in [2.05, 4.69) is 4.98 Å². The Hall–Kier alpha value is -1.14. The first kappa shape index (κ1) is 17.9. The number of nitrogens with two attached hydrogens (primary N) is 1. The Bertz CT molecular complexity index is 539. The van der Waals surface area contributed by atoms with Crippen LogP contribution in [-0.2, 0) is 16.0 Å². The fraction of sp³-hybridized carbons (Fsp3) is 0.231. The second-order valence-electron chi connectivity index (χ2n) is 3.74. The predicted octanol–water partition coefficient (Wildman–Crippen LogP) is 0.679. The molecule has 1 atom stereocenters. The number of carbonyl (C=O) groups is 2. The quantitative estimate of drug-likeness (QED) is 0.565. The Balaban J connectivity index is 0.000000742. The molecule has 4 N–H and O–H groups in total. The van der Waals surface area contributed by atoms with E-state index in [0.717, 1.165) is 22.8 Å². The molecular formula is C13H17N2NaO3. The monoisotopic (exact) mass is 272 g/mol. The van der Waals surface area contributed by atoms with E-state index in [4.69, 9.17) is 15.6 Å². The normalized spacial score (nSPS) is 10.8. The molecule has 0 saturated carbocycles. The van der Waals surface area contributed by atoms with Gasteiger partial charge in [-0.2, -0.15) is 0 Å². The number of fused-ring (bicyclic) bond motifs is 1. The van der Waals surface area contributed by atoms with Crippen molar-refractivity contribution in [3.63, 3.8) is 0 Å². The first-order valence-electron chi connectivity index (χ1n) is 5.53. The minimum atomic E-state index is -0.972. The van der Waals surface area contributed by atoms with Gasteiger partial charge in [0.2, 0.25) is 0 Å². The van der Waals surface area contributed by atoms with Gasteiger partial charge >= 0.3 is 35.5 Å². The van der Waals surface area contributed by atoms with Gasteiger partial charge in [0.05, 0.1) is 0 Å². The number of carbonyl (C=O) groups excluding carboxylic acids is 1. The van der Waals surface area contributed by atoms with E-state index >= 15 is 0 Å². The number of hydrogen-bond acceptors (Lipinski definition) is 3. The molecule has 6 heteroatoms. The Morgan fingerprint density at radius 2 is 2.05 bits per heavy atom. The van der Waals surface area contributed by atoms with Gasteiger partial charge in [0.25, 0.3) is 0 Å². The van der Waals surface area contributed by atoms with Crippen molar-refractivity contribution in [1.82, 2.24) is 4.98 Å². The average Bonchev–Trinajstić information content (AvgIpc) is 2.74. The van der Waals surface area contributed by atoms with Crippen molar-refractivity contribution in [3.8, 4) is 0 Å². The topological polar surface area (TPSA) is 96.2 Å². The fourth-order valence-corrected chi connectivity index (χ4v) is 1.62. The molecule has 2 rings (SSSR count). The van der Waals surface area contributed by atoms with Crippen molar-refractivity contribution in [3.05, 3.63) is 36.0 Å². The van der Waals surface area contributed by atoms with Gasteiger partial charge in [0.15, 0.2) is 0 Å². The summed E-state index contributed by atoms with van der Waals surface area (Å²) in [6.45, 7) is 1.44. The van der Waals surface area contributed by atoms with Crippen LogP contribution in [0.2, 0.25) is 0 Å². The number of carboxylic acids is 1. The fourth-order valence-electron chi connectivity index (χ4n) is 1.62. The van der Waals surface area contributed by atoms with Crippen molar-refractivity contribution in [1.29, 1.82) is 0 Å². The summed E-state index contributed by atoms with van der Waals surface area (Å²) < 4.78 is 0. The van der Waals surface area contributed by atoms with Gasteiger partial charge in [-0.15, -0.1) is 0 Å². The van der Waals surface area contributed by atoms with Crippen LogP contribution in [0.3, 0.4) is 0 Å². The molecule has 0 aliphatic rings. The van der Waals surface area contributed by atoms with Crippen LogP contribution in [-0.4, -0.2) is 57.9 Å². The zero-order valence-corrected chi connectivity index (χ0v) is 10.1. The molecule has 1 aromatic heterocycles. The van der Waals surface area contributed by atoms with E-state index in [1.54, 1.807) is 0 Å². The molecule has 0 amide bonds. The van der Waals surface area contributed by atoms with Crippen molar-refractivity contribution in [2.24, 2.45) is 5.73 Å². The summed E-state index contributed by atoms with van der Waals surface area (Å²) in [5.41, 5.74) is 7.43. The molecule has 0 saturated heterocycles. The molecule has 0 unspecified atom stereocenters. The van der Waals surface area contributed by atoms with Crippen molar-refractivity contribution in [2.75, 3.05) is 0 Å². The average molecular weight is 272 g/mol. The zero-order chi connectivity index (χ0) is 13.5. The third-order valence-electron chi connectivity index (χ3n) is 2.43. The third kappa shape index (κ3) is 5.16. The number of carboxylic acid groups (broad SMARTS) is 1. The van der Waals surface area contributed by atoms with Crippen LogP contribution in [0.4, 0.5) is 0 Å². The number of aldehydes is 1. The van der Waals surface area contributed by atoms with Gasteiger partial charge < -0.3 is 20.6 Å². The molecule has 0 aliphatic heterocycles. The number of hydrogen-bond donors (Lipinski definition) is 3. The summed E-state index contributed by atoms with van der Waals surface area (Å²) in [7, 11) is 0. The number of nitrogens with one attached hydrogen (secondary N) is 1. The molecule has 0 radical (unpaired) electrons. The van der Waals surface area contributed by atoms with Crippen LogP contribution in [0.5, 0.6) is 0 Å². The summed E-state index contributed by atoms with van der Waals surface area (Å²) >= 11 is 0. The van der Waals surface area contributed by atoms with Gasteiger partial charge in [-0.1, -0.05) is 18.2 Å². The van der Waals surface area contributed by atoms with E-state index < -0.39 is 12.0 Å². The van der Waals surface area contributed by atoms with Gasteiger partial charge in [0, 0.05) is 23.5 Å². The number of benzene rings is 1. The van der Waals surface area contributed by atoms with Gasteiger partial charge in [0.1, 0.15) is 12.3 Å². The second kappa shape index (κ2) is 8.87. The summed E-state index contributed by atoms with van der Waals surface area (Å²) in [5.74, 6) is -0.972. The molecule has 0 bridgehead atoms. The molecule has 19 heavy (non-hydrogen) atoms. The molecular weight excluding hydrogens is 255 g/mol. The summed E-state index contributed by atoms with van der Waals surface area (Å²) in [5, 5.41) is 9.75. The predicted molar refractivity (Wildman–Crippen MR) is 76.5 cm³/mol. The molecule has 2 aromatic rings. The molecule has 0 fully saturated rings. The van der Waals surface area contributed by atoms with E-state index in [1.165, 1.54) is 6.92 Å². The van der Waals surface area contributed by atoms with E-state index in [1.807, 2.05) is 30.5 Å². The van der Waals surface area contributed by atoms with Crippen LogP contribution in [0, 0.1) is 0 Å². The van der Waals surface area contributed by atoms with Crippen LogP contribution < -0.4 is 5.73 Å². The van der Waals surface area contributed by atoms with Gasteiger partial charge in [-0.25, -0.2) is 0 Å². The van der Waals surface area contributed by atoms with E-state index in [-0.39, 0.29) is 29.6 Å². The maximum atomic E-state index is 10.6. The second-order valence-corrected chi connectivity index (χ2v) is 3.74. The molecule has 5 nitrogen and oxygen atoms in total. The SMILES string of the molecule is CC=O.N[C@@H](Cc1c[nH]c2ccccc12)C(=O)O.[NaH]. The van der Waals surface area contributed by atoms with Gasteiger partial charge in [-0.05, 0) is 18.6 Å². The van der Waals surface area contributed by atoms with E-state index in [9.17, 15) is 4.79 Å². The Morgan fingerprint density at radius 3 is 2.63 bits per heavy atom. The molecule has 0 spiro atoms. The Labute approximate surface area is 133 Å². The first-order chi connectivity index (χ1) is 8.60. The van der Waals surface area contributed by atoms with Crippen LogP contribution in [0.15, 0.2) is 30.5 Å².